The van der Waals surface area contributed by atoms with E-state index in [4.69, 9.17) is 0 Å². The molecule has 5 heteroatoms. The Kier molecular flexibility index (Phi) is 3.95. The Hall–Kier alpha value is -1.46. The molecule has 3 atom stereocenters. The van der Waals surface area contributed by atoms with Crippen molar-refractivity contribution in [1.82, 2.24) is 0 Å². The minimum atomic E-state index is -3.53. The second kappa shape index (κ2) is 5.63. The first-order valence-corrected chi connectivity index (χ1v) is 9.26. The summed E-state index contributed by atoms with van der Waals surface area (Å²) in [6.45, 7) is 1.95. The van der Waals surface area contributed by atoms with Crippen LogP contribution in [-0.4, -0.2) is 31.2 Å². The van der Waals surface area contributed by atoms with Crippen LogP contribution in [0, 0.1) is 11.8 Å². The Labute approximate surface area is 130 Å². The Bertz CT molecular complexity index is 718. The molecule has 0 saturated heterocycles. The van der Waals surface area contributed by atoms with Crippen LogP contribution in [-0.2, 0) is 14.6 Å². The van der Waals surface area contributed by atoms with Gasteiger partial charge in [-0.1, -0.05) is 30.7 Å². The van der Waals surface area contributed by atoms with Crippen molar-refractivity contribution >= 4 is 15.6 Å². The summed E-state index contributed by atoms with van der Waals surface area (Å²) in [5, 5.41) is 10.2. The maximum atomic E-state index is 12.5. The quantitative estimate of drug-likeness (QED) is 0.926. The molecule has 1 aromatic rings. The van der Waals surface area contributed by atoms with Crippen LogP contribution in [0.15, 0.2) is 46.4 Å². The number of aliphatic hydroxyl groups excluding tert-OH is 1. The average Bonchev–Trinajstić information content (AvgIpc) is 2.79. The van der Waals surface area contributed by atoms with E-state index in [1.54, 1.807) is 30.3 Å². The number of carbonyl (C=O) groups excluding carboxylic acids is 1. The second-order valence-electron chi connectivity index (χ2n) is 6.32. The summed E-state index contributed by atoms with van der Waals surface area (Å²) in [6.07, 6.45) is 1.13. The molecule has 2 unspecified atom stereocenters. The highest BCUT2D eigenvalue weighted by atomic mass is 32.2. The molecule has 1 aromatic carbocycles. The van der Waals surface area contributed by atoms with Crippen LogP contribution in [0.3, 0.4) is 0 Å². The van der Waals surface area contributed by atoms with Gasteiger partial charge in [-0.05, 0) is 30.9 Å². The van der Waals surface area contributed by atoms with Gasteiger partial charge in [0.1, 0.15) is 0 Å². The van der Waals surface area contributed by atoms with E-state index in [0.29, 0.717) is 24.8 Å². The lowest BCUT2D eigenvalue weighted by Crippen LogP contribution is -2.27. The van der Waals surface area contributed by atoms with E-state index in [9.17, 15) is 18.3 Å². The van der Waals surface area contributed by atoms with Crippen LogP contribution in [0.2, 0.25) is 0 Å². The number of hydrogen-bond donors (Lipinski definition) is 1. The zero-order chi connectivity index (χ0) is 15.9. The van der Waals surface area contributed by atoms with Crippen molar-refractivity contribution in [3.8, 4) is 0 Å². The number of benzene rings is 1. The molecule has 0 heterocycles. The predicted molar refractivity (Wildman–Crippen MR) is 83.0 cm³/mol. The number of sulfone groups is 1. The van der Waals surface area contributed by atoms with Crippen molar-refractivity contribution in [3.05, 3.63) is 41.5 Å². The van der Waals surface area contributed by atoms with E-state index in [1.165, 1.54) is 0 Å². The van der Waals surface area contributed by atoms with Gasteiger partial charge in [-0.25, -0.2) is 8.42 Å². The molecule has 0 aromatic heterocycles. The van der Waals surface area contributed by atoms with Crippen molar-refractivity contribution < 1.29 is 18.3 Å². The molecule has 2 aliphatic rings. The number of ketones is 1. The second-order valence-corrected chi connectivity index (χ2v) is 8.31. The lowest BCUT2D eigenvalue weighted by molar-refractivity contribution is -0.116. The molecule has 1 saturated carbocycles. The molecule has 1 N–H and O–H groups in total. The Balaban J connectivity index is 1.98. The third-order valence-electron chi connectivity index (χ3n) is 4.83. The fourth-order valence-corrected chi connectivity index (χ4v) is 5.07. The molecule has 118 valence electrons. The van der Waals surface area contributed by atoms with Crippen LogP contribution in [0.5, 0.6) is 0 Å². The van der Waals surface area contributed by atoms with Gasteiger partial charge in [0.15, 0.2) is 15.6 Å². The smallest absolute Gasteiger partial charge is 0.182 e. The number of Topliss-reactive ketones (excluding diaryl/α,β-unsaturated/α-hetero) is 1. The topological polar surface area (TPSA) is 71.4 Å². The predicted octanol–water partition coefficient (Wildman–Crippen LogP) is 2.14. The zero-order valence-corrected chi connectivity index (χ0v) is 13.3. The summed E-state index contributed by atoms with van der Waals surface area (Å²) in [5.74, 6) is -0.290. The molecular formula is C17H20O4S. The van der Waals surface area contributed by atoms with Crippen LogP contribution in [0.25, 0.3) is 0 Å². The molecule has 4 nitrogen and oxygen atoms in total. The molecule has 0 amide bonds. The summed E-state index contributed by atoms with van der Waals surface area (Å²) in [5.41, 5.74) is 1.29. The third kappa shape index (κ3) is 2.63. The van der Waals surface area contributed by atoms with Crippen LogP contribution in [0.4, 0.5) is 0 Å². The number of carbonyl (C=O) groups is 1. The SMILES string of the molecule is CC1CC2=C(CS(=O)(=O)c3ccccc3)C(=O)CCC2[C@@H]1O. The summed E-state index contributed by atoms with van der Waals surface area (Å²) in [6, 6.07) is 8.22. The van der Waals surface area contributed by atoms with Gasteiger partial charge in [0.2, 0.25) is 0 Å². The molecule has 1 fully saturated rings. The molecule has 3 rings (SSSR count). The Morgan fingerprint density at radius 3 is 2.59 bits per heavy atom. The third-order valence-corrected chi connectivity index (χ3v) is 6.49. The maximum absolute atomic E-state index is 12.5. The Morgan fingerprint density at radius 2 is 1.91 bits per heavy atom. The fraction of sp³-hybridized carbons (Fsp3) is 0.471. The molecule has 0 radical (unpaired) electrons. The standard InChI is InChI=1S/C17H20O4S/c1-11-9-14-13(17(11)19)7-8-16(18)15(14)10-22(20,21)12-5-3-2-4-6-12/h2-6,11,13,17,19H,7-10H2,1H3/t11?,13?,17-/m1/s1. The maximum Gasteiger partial charge on any atom is 0.182 e. The van der Waals surface area contributed by atoms with E-state index in [0.717, 1.165) is 5.57 Å². The molecule has 0 aliphatic heterocycles. The lowest BCUT2D eigenvalue weighted by Gasteiger charge is -2.24. The molecule has 22 heavy (non-hydrogen) atoms. The summed E-state index contributed by atoms with van der Waals surface area (Å²) < 4.78 is 25.1. The number of fused-ring (bicyclic) bond motifs is 1. The van der Waals surface area contributed by atoms with Gasteiger partial charge >= 0.3 is 0 Å². The first-order chi connectivity index (χ1) is 10.4. The van der Waals surface area contributed by atoms with Crippen molar-refractivity contribution in [3.63, 3.8) is 0 Å². The highest BCUT2D eigenvalue weighted by Gasteiger charge is 2.42. The molecule has 0 spiro atoms. The number of aliphatic hydroxyl groups is 1. The molecule has 2 aliphatic carbocycles. The van der Waals surface area contributed by atoms with E-state index in [-0.39, 0.29) is 28.3 Å². The lowest BCUT2D eigenvalue weighted by atomic mass is 9.84. The monoisotopic (exact) mass is 320 g/mol. The van der Waals surface area contributed by atoms with Crippen molar-refractivity contribution in [2.24, 2.45) is 11.8 Å². The van der Waals surface area contributed by atoms with Crippen LogP contribution in [0.1, 0.15) is 26.2 Å². The first kappa shape index (κ1) is 15.4. The van der Waals surface area contributed by atoms with Gasteiger partial charge in [-0.3, -0.25) is 4.79 Å². The van der Waals surface area contributed by atoms with Crippen LogP contribution >= 0.6 is 0 Å². The molecular weight excluding hydrogens is 300 g/mol. The average molecular weight is 320 g/mol. The summed E-state index contributed by atoms with van der Waals surface area (Å²) in [7, 11) is -3.53. The van der Waals surface area contributed by atoms with Crippen molar-refractivity contribution in [2.45, 2.75) is 37.2 Å². The minimum Gasteiger partial charge on any atom is -0.392 e. The van der Waals surface area contributed by atoms with Crippen molar-refractivity contribution in [1.29, 1.82) is 0 Å². The largest absolute Gasteiger partial charge is 0.392 e. The minimum absolute atomic E-state index is 0.0475. The molecule has 0 bridgehead atoms. The van der Waals surface area contributed by atoms with E-state index in [1.807, 2.05) is 6.92 Å². The number of hydrogen-bond acceptors (Lipinski definition) is 4. The van der Waals surface area contributed by atoms with Gasteiger partial charge in [-0.2, -0.15) is 0 Å². The zero-order valence-electron chi connectivity index (χ0n) is 12.5. The van der Waals surface area contributed by atoms with Gasteiger partial charge in [0, 0.05) is 17.9 Å². The summed E-state index contributed by atoms with van der Waals surface area (Å²) >= 11 is 0. The van der Waals surface area contributed by atoms with Crippen LogP contribution < -0.4 is 0 Å². The highest BCUT2D eigenvalue weighted by Crippen LogP contribution is 2.44. The summed E-state index contributed by atoms with van der Waals surface area (Å²) in [4.78, 5) is 12.5. The normalized spacial score (nSPS) is 28.8. The van der Waals surface area contributed by atoms with E-state index in [2.05, 4.69) is 0 Å². The first-order valence-electron chi connectivity index (χ1n) is 7.61. The number of rotatable bonds is 3. The van der Waals surface area contributed by atoms with Gasteiger partial charge < -0.3 is 5.11 Å². The van der Waals surface area contributed by atoms with Gasteiger partial charge in [0.05, 0.1) is 16.8 Å². The van der Waals surface area contributed by atoms with E-state index < -0.39 is 15.9 Å². The van der Waals surface area contributed by atoms with E-state index >= 15 is 0 Å². The fourth-order valence-electron chi connectivity index (χ4n) is 3.60. The highest BCUT2D eigenvalue weighted by molar-refractivity contribution is 7.91. The van der Waals surface area contributed by atoms with Gasteiger partial charge in [-0.15, -0.1) is 0 Å². The van der Waals surface area contributed by atoms with Gasteiger partial charge in [0.25, 0.3) is 0 Å². The van der Waals surface area contributed by atoms with Crippen molar-refractivity contribution in [2.75, 3.05) is 5.75 Å². The Morgan fingerprint density at radius 1 is 1.23 bits per heavy atom.